The Kier molecular flexibility index (Phi) is 4.75. The van der Waals surface area contributed by atoms with E-state index < -0.39 is 0 Å². The Bertz CT molecular complexity index is 476. The van der Waals surface area contributed by atoms with Gasteiger partial charge in [0, 0.05) is 18.0 Å². The lowest BCUT2D eigenvalue weighted by molar-refractivity contribution is 0.671. The number of nitrogens with one attached hydrogen (secondary N) is 1. The van der Waals surface area contributed by atoms with Crippen molar-refractivity contribution in [3.63, 3.8) is 0 Å². The van der Waals surface area contributed by atoms with E-state index in [1.165, 1.54) is 4.88 Å². The Labute approximate surface area is 117 Å². The number of nitrogens with zero attached hydrogens (tertiary/aromatic N) is 1. The Hall–Kier alpha value is -0.900. The van der Waals surface area contributed by atoms with E-state index in [9.17, 15) is 0 Å². The monoisotopic (exact) mass is 280 g/mol. The third-order valence-electron chi connectivity index (χ3n) is 2.83. The van der Waals surface area contributed by atoms with Crippen LogP contribution >= 0.6 is 22.9 Å². The van der Waals surface area contributed by atoms with Gasteiger partial charge in [0.05, 0.1) is 11.1 Å². The summed E-state index contributed by atoms with van der Waals surface area (Å²) >= 11 is 8.07. The number of aromatic nitrogens is 1. The second-order valence-corrected chi connectivity index (χ2v) is 6.07. The molecule has 96 valence electrons. The van der Waals surface area contributed by atoms with Gasteiger partial charge in [-0.15, -0.1) is 22.9 Å². The highest BCUT2D eigenvalue weighted by Gasteiger charge is 2.08. The van der Waals surface area contributed by atoms with Gasteiger partial charge >= 0.3 is 0 Å². The molecular weight excluding hydrogens is 264 g/mol. The van der Waals surface area contributed by atoms with Crippen molar-refractivity contribution in [3.8, 4) is 0 Å². The molecule has 0 saturated carbocycles. The Morgan fingerprint density at radius 2 is 2.00 bits per heavy atom. The van der Waals surface area contributed by atoms with Gasteiger partial charge in [-0.1, -0.05) is 30.3 Å². The van der Waals surface area contributed by atoms with E-state index in [1.807, 2.05) is 25.1 Å². The molecule has 1 unspecified atom stereocenters. The smallest absolute Gasteiger partial charge is 0.107 e. The standard InChI is InChI=1S/C14H17ClN2S/c1-10-11(2)18-14(17-10)9-16-8-13(15)12-6-4-3-5-7-12/h3-7,13,16H,8-9H2,1-2H3. The lowest BCUT2D eigenvalue weighted by Gasteiger charge is -2.10. The summed E-state index contributed by atoms with van der Waals surface area (Å²) < 4.78 is 0. The second kappa shape index (κ2) is 6.32. The first-order valence-corrected chi connectivity index (χ1v) is 7.24. The quantitative estimate of drug-likeness (QED) is 0.842. The Morgan fingerprint density at radius 1 is 1.28 bits per heavy atom. The molecule has 1 N–H and O–H groups in total. The van der Waals surface area contributed by atoms with Crippen LogP contribution in [0.5, 0.6) is 0 Å². The first-order valence-electron chi connectivity index (χ1n) is 5.99. The molecule has 4 heteroatoms. The fourth-order valence-electron chi connectivity index (χ4n) is 1.70. The molecular formula is C14H17ClN2S. The van der Waals surface area contributed by atoms with Gasteiger partial charge in [0.2, 0.25) is 0 Å². The molecule has 0 spiro atoms. The highest BCUT2D eigenvalue weighted by Crippen LogP contribution is 2.20. The van der Waals surface area contributed by atoms with Crippen molar-refractivity contribution in [1.82, 2.24) is 10.3 Å². The fraction of sp³-hybridized carbons (Fsp3) is 0.357. The number of hydrogen-bond donors (Lipinski definition) is 1. The average molecular weight is 281 g/mol. The molecule has 0 fully saturated rings. The van der Waals surface area contributed by atoms with Crippen molar-refractivity contribution in [2.75, 3.05) is 6.54 Å². The lowest BCUT2D eigenvalue weighted by atomic mass is 10.1. The molecule has 0 amide bonds. The van der Waals surface area contributed by atoms with E-state index in [1.54, 1.807) is 11.3 Å². The summed E-state index contributed by atoms with van der Waals surface area (Å²) in [6, 6.07) is 10.1. The van der Waals surface area contributed by atoms with Crippen LogP contribution in [0.2, 0.25) is 0 Å². The third kappa shape index (κ3) is 3.55. The van der Waals surface area contributed by atoms with Crippen molar-refractivity contribution >= 4 is 22.9 Å². The minimum absolute atomic E-state index is 0.00774. The molecule has 0 radical (unpaired) electrons. The van der Waals surface area contributed by atoms with Gasteiger partial charge in [-0.3, -0.25) is 0 Å². The van der Waals surface area contributed by atoms with Gasteiger partial charge in [-0.05, 0) is 19.4 Å². The summed E-state index contributed by atoms with van der Waals surface area (Å²) in [4.78, 5) is 5.78. The number of halogens is 1. The normalized spacial score (nSPS) is 12.6. The van der Waals surface area contributed by atoms with Crippen LogP contribution in [-0.2, 0) is 6.54 Å². The van der Waals surface area contributed by atoms with Crippen molar-refractivity contribution in [2.45, 2.75) is 25.8 Å². The van der Waals surface area contributed by atoms with Crippen molar-refractivity contribution in [3.05, 3.63) is 51.5 Å². The molecule has 2 nitrogen and oxygen atoms in total. The number of alkyl halides is 1. The number of rotatable bonds is 5. The SMILES string of the molecule is Cc1nc(CNCC(Cl)c2ccccc2)sc1C. The van der Waals surface area contributed by atoms with Gasteiger partial charge in [-0.25, -0.2) is 4.98 Å². The molecule has 1 heterocycles. The number of hydrogen-bond acceptors (Lipinski definition) is 3. The lowest BCUT2D eigenvalue weighted by Crippen LogP contribution is -2.18. The van der Waals surface area contributed by atoms with Crippen LogP contribution in [0.4, 0.5) is 0 Å². The van der Waals surface area contributed by atoms with E-state index in [2.05, 4.69) is 29.4 Å². The predicted molar refractivity (Wildman–Crippen MR) is 78.3 cm³/mol. The zero-order valence-electron chi connectivity index (χ0n) is 10.6. The maximum atomic E-state index is 6.33. The van der Waals surface area contributed by atoms with Crippen LogP contribution in [-0.4, -0.2) is 11.5 Å². The Balaban J connectivity index is 1.82. The molecule has 0 aliphatic heterocycles. The van der Waals surface area contributed by atoms with Crippen LogP contribution < -0.4 is 5.32 Å². The van der Waals surface area contributed by atoms with Crippen LogP contribution in [0, 0.1) is 13.8 Å². The van der Waals surface area contributed by atoms with Gasteiger partial charge in [0.1, 0.15) is 5.01 Å². The van der Waals surface area contributed by atoms with Gasteiger partial charge in [0.15, 0.2) is 0 Å². The number of aryl methyl sites for hydroxylation is 2. The molecule has 0 aliphatic rings. The zero-order valence-corrected chi connectivity index (χ0v) is 12.2. The number of benzene rings is 1. The minimum atomic E-state index is 0.00774. The first kappa shape index (κ1) is 13.5. The van der Waals surface area contributed by atoms with Crippen LogP contribution in [0.1, 0.15) is 26.5 Å². The molecule has 0 saturated heterocycles. The van der Waals surface area contributed by atoms with E-state index in [4.69, 9.17) is 11.6 Å². The van der Waals surface area contributed by atoms with E-state index in [0.29, 0.717) is 0 Å². The second-order valence-electron chi connectivity index (χ2n) is 4.26. The van der Waals surface area contributed by atoms with Crippen LogP contribution in [0.15, 0.2) is 30.3 Å². The van der Waals surface area contributed by atoms with Crippen LogP contribution in [0.3, 0.4) is 0 Å². The largest absolute Gasteiger partial charge is 0.309 e. The maximum absolute atomic E-state index is 6.33. The molecule has 2 aromatic rings. The summed E-state index contributed by atoms with van der Waals surface area (Å²) in [5, 5.41) is 4.49. The van der Waals surface area contributed by atoms with Crippen molar-refractivity contribution in [2.24, 2.45) is 0 Å². The molecule has 2 rings (SSSR count). The molecule has 1 aromatic carbocycles. The van der Waals surface area contributed by atoms with Crippen molar-refractivity contribution < 1.29 is 0 Å². The van der Waals surface area contributed by atoms with Gasteiger partial charge in [-0.2, -0.15) is 0 Å². The fourth-order valence-corrected chi connectivity index (χ4v) is 2.86. The molecule has 0 aliphatic carbocycles. The molecule has 18 heavy (non-hydrogen) atoms. The third-order valence-corrected chi connectivity index (χ3v) is 4.31. The summed E-state index contributed by atoms with van der Waals surface area (Å²) in [7, 11) is 0. The van der Waals surface area contributed by atoms with Crippen LogP contribution in [0.25, 0.3) is 0 Å². The first-order chi connectivity index (χ1) is 8.66. The van der Waals surface area contributed by atoms with Crippen molar-refractivity contribution in [1.29, 1.82) is 0 Å². The number of thiazole rings is 1. The summed E-state index contributed by atoms with van der Waals surface area (Å²) in [6.45, 7) is 5.69. The Morgan fingerprint density at radius 3 is 2.61 bits per heavy atom. The zero-order chi connectivity index (χ0) is 13.0. The van der Waals surface area contributed by atoms with E-state index in [-0.39, 0.29) is 5.38 Å². The highest BCUT2D eigenvalue weighted by molar-refractivity contribution is 7.11. The van der Waals surface area contributed by atoms with E-state index >= 15 is 0 Å². The molecule has 1 aromatic heterocycles. The average Bonchev–Trinajstić information content (AvgIpc) is 2.69. The summed E-state index contributed by atoms with van der Waals surface area (Å²) in [5.41, 5.74) is 2.28. The summed E-state index contributed by atoms with van der Waals surface area (Å²) in [5.74, 6) is 0. The predicted octanol–water partition coefficient (Wildman–Crippen LogP) is 3.83. The van der Waals surface area contributed by atoms with Gasteiger partial charge in [0.25, 0.3) is 0 Å². The minimum Gasteiger partial charge on any atom is -0.309 e. The molecule has 1 atom stereocenters. The van der Waals surface area contributed by atoms with E-state index in [0.717, 1.165) is 29.4 Å². The highest BCUT2D eigenvalue weighted by atomic mass is 35.5. The van der Waals surface area contributed by atoms with Gasteiger partial charge < -0.3 is 5.32 Å². The topological polar surface area (TPSA) is 24.9 Å². The molecule has 0 bridgehead atoms. The summed E-state index contributed by atoms with van der Waals surface area (Å²) in [6.07, 6.45) is 0. The maximum Gasteiger partial charge on any atom is 0.107 e.